The van der Waals surface area contributed by atoms with Crippen LogP contribution < -0.4 is 15.2 Å². The summed E-state index contributed by atoms with van der Waals surface area (Å²) in [6.45, 7) is 0. The maximum absolute atomic E-state index is 12.5. The van der Waals surface area contributed by atoms with Crippen LogP contribution in [0, 0.1) is 0 Å². The Bertz CT molecular complexity index is 697. The molecule has 0 fully saturated rings. The number of benzene rings is 2. The average Bonchev–Trinajstić information content (AvgIpc) is 2.55. The van der Waals surface area contributed by atoms with Crippen LogP contribution in [0.2, 0.25) is 0 Å². The topological polar surface area (TPSA) is 78.6 Å². The van der Waals surface area contributed by atoms with Gasteiger partial charge in [0.05, 0.1) is 14.2 Å². The normalized spacial score (nSPS) is 11.6. The molecule has 2 aromatic rings. The summed E-state index contributed by atoms with van der Waals surface area (Å²) in [6, 6.07) is 14.1. The molecule has 2 N–H and O–H groups in total. The molecular weight excluding hydrogens is 294 g/mol. The van der Waals surface area contributed by atoms with Crippen LogP contribution in [0.15, 0.2) is 48.5 Å². The number of methoxy groups -OCH3 is 2. The van der Waals surface area contributed by atoms with Gasteiger partial charge in [-0.15, -0.1) is 0 Å². The molecule has 1 unspecified atom stereocenters. The summed E-state index contributed by atoms with van der Waals surface area (Å²) in [5.41, 5.74) is 6.79. The Morgan fingerprint density at radius 1 is 1.00 bits per heavy atom. The molecule has 2 aromatic carbocycles. The minimum absolute atomic E-state index is 0.142. The highest BCUT2D eigenvalue weighted by Crippen LogP contribution is 2.31. The second-order valence-electron chi connectivity index (χ2n) is 5.08. The predicted molar refractivity (Wildman–Crippen MR) is 86.6 cm³/mol. The summed E-state index contributed by atoms with van der Waals surface area (Å²) in [7, 11) is 3.01. The Morgan fingerprint density at radius 3 is 2.22 bits per heavy atom. The van der Waals surface area contributed by atoms with Crippen molar-refractivity contribution >= 4 is 11.7 Å². The van der Waals surface area contributed by atoms with Crippen molar-refractivity contribution in [2.45, 2.75) is 12.3 Å². The smallest absolute Gasteiger partial charge is 0.232 e. The van der Waals surface area contributed by atoms with E-state index in [0.29, 0.717) is 17.1 Å². The van der Waals surface area contributed by atoms with Gasteiger partial charge in [0.15, 0.2) is 17.3 Å². The van der Waals surface area contributed by atoms with Crippen molar-refractivity contribution < 1.29 is 19.1 Å². The highest BCUT2D eigenvalue weighted by Gasteiger charge is 2.27. The first-order valence-electron chi connectivity index (χ1n) is 7.14. The number of carbonyl (C=O) groups is 2. The van der Waals surface area contributed by atoms with E-state index < -0.39 is 11.8 Å². The number of hydrogen-bond acceptors (Lipinski definition) is 4. The molecule has 1 atom stereocenters. The molecule has 0 spiro atoms. The molecule has 0 saturated carbocycles. The van der Waals surface area contributed by atoms with Gasteiger partial charge in [-0.1, -0.05) is 36.4 Å². The predicted octanol–water partition coefficient (Wildman–Crippen LogP) is 2.08. The lowest BCUT2D eigenvalue weighted by Gasteiger charge is -2.15. The van der Waals surface area contributed by atoms with Gasteiger partial charge < -0.3 is 15.2 Å². The van der Waals surface area contributed by atoms with Gasteiger partial charge >= 0.3 is 0 Å². The van der Waals surface area contributed by atoms with Gasteiger partial charge in [-0.25, -0.2) is 0 Å². The SMILES string of the molecule is COc1ccc(C(C(N)=O)C(=O)Cc2ccccc2)cc1OC. The molecule has 2 rings (SSSR count). The Hall–Kier alpha value is -2.82. The quantitative estimate of drug-likeness (QED) is 0.794. The van der Waals surface area contributed by atoms with Gasteiger partial charge in [0.25, 0.3) is 0 Å². The van der Waals surface area contributed by atoms with Crippen molar-refractivity contribution in [1.82, 2.24) is 0 Å². The van der Waals surface area contributed by atoms with Crippen molar-refractivity contribution in [2.24, 2.45) is 5.73 Å². The highest BCUT2D eigenvalue weighted by molar-refractivity contribution is 6.06. The van der Waals surface area contributed by atoms with Crippen LogP contribution in [0.4, 0.5) is 0 Å². The number of nitrogens with two attached hydrogens (primary N) is 1. The number of rotatable bonds is 7. The monoisotopic (exact) mass is 313 g/mol. The minimum atomic E-state index is -1.02. The summed E-state index contributed by atoms with van der Waals surface area (Å²) in [6.07, 6.45) is 0.142. The zero-order valence-corrected chi connectivity index (χ0v) is 13.1. The molecule has 0 heterocycles. The maximum Gasteiger partial charge on any atom is 0.232 e. The lowest BCUT2D eigenvalue weighted by Crippen LogP contribution is -2.29. The summed E-state index contributed by atoms with van der Waals surface area (Å²) >= 11 is 0. The number of hydrogen-bond donors (Lipinski definition) is 1. The second kappa shape index (κ2) is 7.45. The highest BCUT2D eigenvalue weighted by atomic mass is 16.5. The van der Waals surface area contributed by atoms with Crippen LogP contribution in [0.25, 0.3) is 0 Å². The summed E-state index contributed by atoms with van der Waals surface area (Å²) in [4.78, 5) is 24.4. The van der Waals surface area contributed by atoms with Gasteiger partial charge in [-0.05, 0) is 23.3 Å². The molecule has 0 aliphatic heterocycles. The molecule has 0 saturated heterocycles. The standard InChI is InChI=1S/C18H19NO4/c1-22-15-9-8-13(11-16(15)23-2)17(18(19)21)14(20)10-12-6-4-3-5-7-12/h3-9,11,17H,10H2,1-2H3,(H2,19,21). The first-order chi connectivity index (χ1) is 11.1. The number of carbonyl (C=O) groups excluding carboxylic acids is 2. The van der Waals surface area contributed by atoms with E-state index in [1.807, 2.05) is 30.3 Å². The van der Waals surface area contributed by atoms with Crippen molar-refractivity contribution in [3.8, 4) is 11.5 Å². The third-order valence-corrected chi connectivity index (χ3v) is 3.57. The molecule has 0 aliphatic carbocycles. The van der Waals surface area contributed by atoms with E-state index in [0.717, 1.165) is 5.56 Å². The Balaban J connectivity index is 2.31. The lowest BCUT2D eigenvalue weighted by atomic mass is 9.90. The molecule has 23 heavy (non-hydrogen) atoms. The molecule has 0 radical (unpaired) electrons. The van der Waals surface area contributed by atoms with Gasteiger partial charge in [0, 0.05) is 6.42 Å². The van der Waals surface area contributed by atoms with E-state index in [1.54, 1.807) is 18.2 Å². The summed E-state index contributed by atoms with van der Waals surface area (Å²) in [5, 5.41) is 0. The Morgan fingerprint density at radius 2 is 1.65 bits per heavy atom. The van der Waals surface area contributed by atoms with Crippen molar-refractivity contribution in [1.29, 1.82) is 0 Å². The van der Waals surface area contributed by atoms with Gasteiger partial charge in [-0.2, -0.15) is 0 Å². The molecule has 5 heteroatoms. The minimum Gasteiger partial charge on any atom is -0.493 e. The first-order valence-corrected chi connectivity index (χ1v) is 7.14. The largest absolute Gasteiger partial charge is 0.493 e. The zero-order chi connectivity index (χ0) is 16.8. The maximum atomic E-state index is 12.5. The van der Waals surface area contributed by atoms with Crippen molar-refractivity contribution in [3.63, 3.8) is 0 Å². The van der Waals surface area contributed by atoms with Gasteiger partial charge in [0.1, 0.15) is 5.92 Å². The molecule has 0 bridgehead atoms. The van der Waals surface area contributed by atoms with E-state index >= 15 is 0 Å². The fourth-order valence-electron chi connectivity index (χ4n) is 2.44. The number of ether oxygens (including phenoxy) is 2. The van der Waals surface area contributed by atoms with E-state index in [-0.39, 0.29) is 12.2 Å². The van der Waals surface area contributed by atoms with Crippen LogP contribution in [0.3, 0.4) is 0 Å². The zero-order valence-electron chi connectivity index (χ0n) is 13.1. The third-order valence-electron chi connectivity index (χ3n) is 3.57. The van der Waals surface area contributed by atoms with Gasteiger partial charge in [-0.3, -0.25) is 9.59 Å². The van der Waals surface area contributed by atoms with Crippen LogP contribution in [0.1, 0.15) is 17.0 Å². The fraction of sp³-hybridized carbons (Fsp3) is 0.222. The number of primary amides is 1. The van der Waals surface area contributed by atoms with Gasteiger partial charge in [0.2, 0.25) is 5.91 Å². The Kier molecular flexibility index (Phi) is 5.36. The van der Waals surface area contributed by atoms with E-state index in [4.69, 9.17) is 15.2 Å². The molecule has 0 aliphatic rings. The van der Waals surface area contributed by atoms with Crippen LogP contribution in [-0.4, -0.2) is 25.9 Å². The van der Waals surface area contributed by atoms with Crippen LogP contribution >= 0.6 is 0 Å². The first kappa shape index (κ1) is 16.5. The molecule has 1 amide bonds. The van der Waals surface area contributed by atoms with E-state index in [9.17, 15) is 9.59 Å². The molecule has 0 aromatic heterocycles. The van der Waals surface area contributed by atoms with E-state index in [2.05, 4.69) is 0 Å². The average molecular weight is 313 g/mol. The fourth-order valence-corrected chi connectivity index (χ4v) is 2.44. The number of Topliss-reactive ketones (excluding diaryl/α,β-unsaturated/α-hetero) is 1. The molecular formula is C18H19NO4. The molecule has 120 valence electrons. The summed E-state index contributed by atoms with van der Waals surface area (Å²) in [5.74, 6) is -0.983. The van der Waals surface area contributed by atoms with E-state index in [1.165, 1.54) is 14.2 Å². The summed E-state index contributed by atoms with van der Waals surface area (Å²) < 4.78 is 10.4. The second-order valence-corrected chi connectivity index (χ2v) is 5.08. The lowest BCUT2D eigenvalue weighted by molar-refractivity contribution is -0.128. The number of amides is 1. The molecule has 5 nitrogen and oxygen atoms in total. The number of ketones is 1. The third kappa shape index (κ3) is 3.88. The van der Waals surface area contributed by atoms with Crippen molar-refractivity contribution in [2.75, 3.05) is 14.2 Å². The van der Waals surface area contributed by atoms with Crippen LogP contribution in [0.5, 0.6) is 11.5 Å². The Labute approximate surface area is 135 Å². The van der Waals surface area contributed by atoms with Crippen LogP contribution in [-0.2, 0) is 16.0 Å². The van der Waals surface area contributed by atoms with Crippen molar-refractivity contribution in [3.05, 3.63) is 59.7 Å².